The van der Waals surface area contributed by atoms with Gasteiger partial charge in [0.25, 0.3) is 0 Å². The quantitative estimate of drug-likeness (QED) is 0.766. The molecule has 3 rings (SSSR count). The third-order valence-corrected chi connectivity index (χ3v) is 4.53. The van der Waals surface area contributed by atoms with E-state index in [0.717, 1.165) is 12.8 Å². The minimum absolute atomic E-state index is 0.225. The van der Waals surface area contributed by atoms with Crippen molar-refractivity contribution < 1.29 is 0 Å². The van der Waals surface area contributed by atoms with Crippen molar-refractivity contribution >= 4 is 28.7 Å². The summed E-state index contributed by atoms with van der Waals surface area (Å²) in [5, 5.41) is 4.48. The standard InChI is InChI=1S/C12H15N3S2/c13-12(16)15-11(10-6-3-7-17-10)8-4-1-2-5-9(8)14-15/h3,6-7,11,14H,1-2,4-5H2,(H2,13,16). The molecule has 0 radical (unpaired) electrons. The Morgan fingerprint density at radius 1 is 1.47 bits per heavy atom. The summed E-state index contributed by atoms with van der Waals surface area (Å²) in [5.41, 5.74) is 12.0. The van der Waals surface area contributed by atoms with Gasteiger partial charge in [-0.25, -0.2) is 0 Å². The molecule has 3 N–H and O–H groups in total. The molecule has 1 unspecified atom stereocenters. The maximum absolute atomic E-state index is 5.82. The number of hydrazine groups is 1. The van der Waals surface area contributed by atoms with E-state index in [2.05, 4.69) is 22.9 Å². The highest BCUT2D eigenvalue weighted by atomic mass is 32.1. The zero-order valence-electron chi connectivity index (χ0n) is 9.48. The Labute approximate surface area is 110 Å². The normalized spacial score (nSPS) is 23.5. The highest BCUT2D eigenvalue weighted by molar-refractivity contribution is 7.80. The lowest BCUT2D eigenvalue weighted by molar-refractivity contribution is 0.327. The molecule has 5 heteroatoms. The monoisotopic (exact) mass is 265 g/mol. The molecule has 0 spiro atoms. The molecule has 0 saturated heterocycles. The molecule has 0 saturated carbocycles. The minimum Gasteiger partial charge on any atom is -0.375 e. The lowest BCUT2D eigenvalue weighted by Gasteiger charge is -2.25. The van der Waals surface area contributed by atoms with Crippen molar-refractivity contribution in [3.05, 3.63) is 33.7 Å². The van der Waals surface area contributed by atoms with Crippen molar-refractivity contribution in [1.82, 2.24) is 10.4 Å². The van der Waals surface area contributed by atoms with Gasteiger partial charge in [-0.1, -0.05) is 6.07 Å². The molecule has 0 amide bonds. The number of nitrogens with two attached hydrogens (primary N) is 1. The fourth-order valence-electron chi connectivity index (χ4n) is 2.65. The summed E-state index contributed by atoms with van der Waals surface area (Å²) in [6.45, 7) is 0. The number of thiocarbonyl (C=S) groups is 1. The van der Waals surface area contributed by atoms with Gasteiger partial charge >= 0.3 is 0 Å². The van der Waals surface area contributed by atoms with E-state index in [9.17, 15) is 0 Å². The molecule has 3 nitrogen and oxygen atoms in total. The van der Waals surface area contributed by atoms with E-state index in [4.69, 9.17) is 18.0 Å². The Bertz CT molecular complexity index is 464. The van der Waals surface area contributed by atoms with Gasteiger partial charge in [-0.3, -0.25) is 10.4 Å². The van der Waals surface area contributed by atoms with Gasteiger partial charge in [-0.2, -0.15) is 0 Å². The molecule has 1 atom stereocenters. The second-order valence-electron chi connectivity index (χ2n) is 4.45. The van der Waals surface area contributed by atoms with E-state index in [1.54, 1.807) is 11.3 Å². The van der Waals surface area contributed by atoms with Gasteiger partial charge < -0.3 is 5.73 Å². The van der Waals surface area contributed by atoms with Crippen LogP contribution in [0.4, 0.5) is 0 Å². The first-order chi connectivity index (χ1) is 8.27. The Morgan fingerprint density at radius 2 is 2.29 bits per heavy atom. The Hall–Kier alpha value is -1.07. The molecular weight excluding hydrogens is 250 g/mol. The highest BCUT2D eigenvalue weighted by Gasteiger charge is 2.35. The SMILES string of the molecule is NC(=S)N1NC2=C(CCCC2)C1c1cccs1. The van der Waals surface area contributed by atoms with Crippen LogP contribution >= 0.6 is 23.6 Å². The molecule has 1 aliphatic heterocycles. The van der Waals surface area contributed by atoms with Gasteiger partial charge in [0, 0.05) is 10.6 Å². The maximum Gasteiger partial charge on any atom is 0.186 e. The number of nitrogens with one attached hydrogen (secondary N) is 1. The summed E-state index contributed by atoms with van der Waals surface area (Å²) in [6.07, 6.45) is 4.81. The Kier molecular flexibility index (Phi) is 2.80. The van der Waals surface area contributed by atoms with E-state index in [1.807, 2.05) is 5.01 Å². The second kappa shape index (κ2) is 4.31. The lowest BCUT2D eigenvalue weighted by Crippen LogP contribution is -2.43. The summed E-state index contributed by atoms with van der Waals surface area (Å²) < 4.78 is 0. The average Bonchev–Trinajstić information content (AvgIpc) is 2.94. The molecule has 0 bridgehead atoms. The third-order valence-electron chi connectivity index (χ3n) is 3.40. The number of rotatable bonds is 1. The van der Waals surface area contributed by atoms with E-state index >= 15 is 0 Å². The first-order valence-electron chi connectivity index (χ1n) is 5.88. The number of nitrogens with zero attached hydrogens (tertiary/aromatic N) is 1. The molecule has 1 aliphatic carbocycles. The van der Waals surface area contributed by atoms with Crippen LogP contribution in [0.1, 0.15) is 36.6 Å². The van der Waals surface area contributed by atoms with Gasteiger partial charge in [0.2, 0.25) is 0 Å². The van der Waals surface area contributed by atoms with Gasteiger partial charge in [0.1, 0.15) is 6.04 Å². The summed E-state index contributed by atoms with van der Waals surface area (Å²) in [7, 11) is 0. The molecule has 0 fully saturated rings. The lowest BCUT2D eigenvalue weighted by atomic mass is 9.92. The fourth-order valence-corrected chi connectivity index (χ4v) is 3.65. The topological polar surface area (TPSA) is 41.3 Å². The van der Waals surface area contributed by atoms with Crippen LogP contribution in [0.2, 0.25) is 0 Å². The van der Waals surface area contributed by atoms with Crippen molar-refractivity contribution in [2.75, 3.05) is 0 Å². The number of hydrogen-bond acceptors (Lipinski definition) is 3. The van der Waals surface area contributed by atoms with Crippen LogP contribution in [-0.4, -0.2) is 10.1 Å². The van der Waals surface area contributed by atoms with E-state index in [-0.39, 0.29) is 6.04 Å². The average molecular weight is 265 g/mol. The van der Waals surface area contributed by atoms with Gasteiger partial charge in [0.05, 0.1) is 0 Å². The first kappa shape index (κ1) is 11.0. The highest BCUT2D eigenvalue weighted by Crippen LogP contribution is 2.42. The van der Waals surface area contributed by atoms with Crippen LogP contribution in [0.5, 0.6) is 0 Å². The van der Waals surface area contributed by atoms with Crippen molar-refractivity contribution in [1.29, 1.82) is 0 Å². The summed E-state index contributed by atoms with van der Waals surface area (Å²) in [4.78, 5) is 1.32. The van der Waals surface area contributed by atoms with E-state index in [1.165, 1.54) is 29.0 Å². The first-order valence-corrected chi connectivity index (χ1v) is 7.17. The zero-order chi connectivity index (χ0) is 11.8. The minimum atomic E-state index is 0.225. The van der Waals surface area contributed by atoms with Crippen molar-refractivity contribution in [2.45, 2.75) is 31.7 Å². The van der Waals surface area contributed by atoms with Crippen molar-refractivity contribution in [3.8, 4) is 0 Å². The van der Waals surface area contributed by atoms with Crippen LogP contribution in [0.15, 0.2) is 28.8 Å². The Balaban J connectivity index is 2.00. The maximum atomic E-state index is 5.82. The largest absolute Gasteiger partial charge is 0.375 e. The van der Waals surface area contributed by atoms with Crippen molar-refractivity contribution in [2.24, 2.45) is 5.73 Å². The van der Waals surface area contributed by atoms with Gasteiger partial charge in [0.15, 0.2) is 5.11 Å². The summed E-state index contributed by atoms with van der Waals surface area (Å²) >= 11 is 6.91. The van der Waals surface area contributed by atoms with Gasteiger partial charge in [-0.15, -0.1) is 11.3 Å². The van der Waals surface area contributed by atoms with Gasteiger partial charge in [-0.05, 0) is 54.9 Å². The van der Waals surface area contributed by atoms with Crippen LogP contribution in [-0.2, 0) is 0 Å². The molecule has 90 valence electrons. The summed E-state index contributed by atoms with van der Waals surface area (Å²) in [6, 6.07) is 4.47. The fraction of sp³-hybridized carbons (Fsp3) is 0.417. The molecule has 2 aliphatic rings. The Morgan fingerprint density at radius 3 is 3.00 bits per heavy atom. The molecule has 2 heterocycles. The van der Waals surface area contributed by atoms with Crippen LogP contribution in [0.25, 0.3) is 0 Å². The van der Waals surface area contributed by atoms with Crippen molar-refractivity contribution in [3.63, 3.8) is 0 Å². The van der Waals surface area contributed by atoms with Crippen LogP contribution in [0.3, 0.4) is 0 Å². The van der Waals surface area contributed by atoms with Crippen LogP contribution < -0.4 is 11.2 Å². The molecule has 17 heavy (non-hydrogen) atoms. The molecule has 0 aromatic carbocycles. The van der Waals surface area contributed by atoms with Crippen LogP contribution in [0, 0.1) is 0 Å². The second-order valence-corrected chi connectivity index (χ2v) is 5.85. The smallest absolute Gasteiger partial charge is 0.186 e. The number of hydrogen-bond donors (Lipinski definition) is 2. The molecule has 1 aromatic rings. The predicted molar refractivity (Wildman–Crippen MR) is 74.3 cm³/mol. The summed E-state index contributed by atoms with van der Waals surface area (Å²) in [5.74, 6) is 0. The van der Waals surface area contributed by atoms with E-state index < -0.39 is 0 Å². The molecule has 1 aromatic heterocycles. The number of thiophene rings is 1. The van der Waals surface area contributed by atoms with E-state index in [0.29, 0.717) is 5.11 Å². The zero-order valence-corrected chi connectivity index (χ0v) is 11.1. The predicted octanol–water partition coefficient (Wildman–Crippen LogP) is 2.68. The molecular formula is C12H15N3S2. The number of allylic oxidation sites excluding steroid dienone is 1. The third kappa shape index (κ3) is 1.83.